The predicted octanol–water partition coefficient (Wildman–Crippen LogP) is 2.10. The molecule has 4 heteroatoms. The molecule has 4 nitrogen and oxygen atoms in total. The first-order chi connectivity index (χ1) is 9.28. The van der Waals surface area contributed by atoms with Crippen molar-refractivity contribution in [3.63, 3.8) is 0 Å². The molecule has 0 saturated carbocycles. The molecule has 1 atom stereocenters. The van der Waals surface area contributed by atoms with E-state index in [1.165, 1.54) is 5.56 Å². The maximum atomic E-state index is 5.36. The zero-order chi connectivity index (χ0) is 13.6. The number of ether oxygens (including phenoxy) is 1. The van der Waals surface area contributed by atoms with E-state index in [1.807, 2.05) is 0 Å². The molecule has 2 rings (SSSR count). The second kappa shape index (κ2) is 7.01. The molecule has 1 unspecified atom stereocenters. The van der Waals surface area contributed by atoms with E-state index in [4.69, 9.17) is 14.5 Å². The standard InChI is InChI=1S/C15H23NO3/c1-17-12-15(13-19-18-2)8-9-16(11-15)10-14-6-4-3-5-7-14/h3-7H,8-13H2,1-2H3. The molecule has 106 valence electrons. The molecule has 1 saturated heterocycles. The zero-order valence-corrected chi connectivity index (χ0v) is 11.8. The second-order valence-corrected chi connectivity index (χ2v) is 5.31. The van der Waals surface area contributed by atoms with Crippen molar-refractivity contribution in [1.29, 1.82) is 0 Å². The van der Waals surface area contributed by atoms with E-state index >= 15 is 0 Å². The molecule has 0 N–H and O–H groups in total. The maximum absolute atomic E-state index is 5.36. The van der Waals surface area contributed by atoms with Crippen molar-refractivity contribution < 1.29 is 14.5 Å². The first-order valence-electron chi connectivity index (χ1n) is 6.69. The number of nitrogens with zero attached hydrogens (tertiary/aromatic N) is 1. The van der Waals surface area contributed by atoms with Crippen molar-refractivity contribution >= 4 is 0 Å². The third kappa shape index (κ3) is 4.01. The van der Waals surface area contributed by atoms with Crippen LogP contribution >= 0.6 is 0 Å². The zero-order valence-electron chi connectivity index (χ0n) is 11.8. The lowest BCUT2D eigenvalue weighted by molar-refractivity contribution is -0.291. The number of rotatable bonds is 7. The average molecular weight is 265 g/mol. The third-order valence-electron chi connectivity index (χ3n) is 3.70. The lowest BCUT2D eigenvalue weighted by Crippen LogP contribution is -2.35. The highest BCUT2D eigenvalue weighted by molar-refractivity contribution is 5.14. The Kier molecular flexibility index (Phi) is 5.34. The minimum Gasteiger partial charge on any atom is -0.384 e. The Balaban J connectivity index is 1.92. The Morgan fingerprint density at radius 3 is 2.63 bits per heavy atom. The number of hydrogen-bond acceptors (Lipinski definition) is 4. The molecule has 1 aliphatic rings. The van der Waals surface area contributed by atoms with Gasteiger partial charge in [-0.1, -0.05) is 30.3 Å². The molecule has 1 aliphatic heterocycles. The summed E-state index contributed by atoms with van der Waals surface area (Å²) >= 11 is 0. The van der Waals surface area contributed by atoms with E-state index in [0.717, 1.165) is 26.1 Å². The van der Waals surface area contributed by atoms with Gasteiger partial charge in [0.25, 0.3) is 0 Å². The Morgan fingerprint density at radius 1 is 1.16 bits per heavy atom. The highest BCUT2D eigenvalue weighted by Gasteiger charge is 2.38. The normalized spacial score (nSPS) is 23.9. The van der Waals surface area contributed by atoms with Crippen LogP contribution in [0.2, 0.25) is 0 Å². The summed E-state index contributed by atoms with van der Waals surface area (Å²) in [5.74, 6) is 0. The van der Waals surface area contributed by atoms with Crippen LogP contribution in [0.4, 0.5) is 0 Å². The topological polar surface area (TPSA) is 30.9 Å². The first kappa shape index (κ1) is 14.5. The quantitative estimate of drug-likeness (QED) is 0.558. The van der Waals surface area contributed by atoms with Gasteiger partial charge < -0.3 is 4.74 Å². The van der Waals surface area contributed by atoms with Crippen LogP contribution in [-0.2, 0) is 21.1 Å². The molecule has 1 fully saturated rings. The van der Waals surface area contributed by atoms with Crippen molar-refractivity contribution in [2.75, 3.05) is 40.5 Å². The van der Waals surface area contributed by atoms with Crippen molar-refractivity contribution in [3.8, 4) is 0 Å². The average Bonchev–Trinajstić information content (AvgIpc) is 2.82. The molecule has 0 aromatic heterocycles. The van der Waals surface area contributed by atoms with Crippen molar-refractivity contribution in [2.45, 2.75) is 13.0 Å². The Morgan fingerprint density at radius 2 is 1.95 bits per heavy atom. The fourth-order valence-corrected chi connectivity index (χ4v) is 2.77. The van der Waals surface area contributed by atoms with E-state index in [0.29, 0.717) is 13.2 Å². The van der Waals surface area contributed by atoms with Crippen LogP contribution in [0.25, 0.3) is 0 Å². The Bertz CT molecular complexity index is 371. The summed E-state index contributed by atoms with van der Waals surface area (Å²) in [6, 6.07) is 10.6. The van der Waals surface area contributed by atoms with Crippen LogP contribution in [0.15, 0.2) is 30.3 Å². The van der Waals surface area contributed by atoms with Gasteiger partial charge in [-0.15, -0.1) is 0 Å². The number of likely N-dealkylation sites (tertiary alicyclic amines) is 1. The predicted molar refractivity (Wildman–Crippen MR) is 73.6 cm³/mol. The lowest BCUT2D eigenvalue weighted by atomic mass is 9.89. The molecule has 0 amide bonds. The van der Waals surface area contributed by atoms with Crippen molar-refractivity contribution in [2.24, 2.45) is 5.41 Å². The van der Waals surface area contributed by atoms with Gasteiger partial charge in [0.2, 0.25) is 0 Å². The van der Waals surface area contributed by atoms with Crippen LogP contribution in [0, 0.1) is 5.41 Å². The summed E-state index contributed by atoms with van der Waals surface area (Å²) in [7, 11) is 3.30. The molecule has 19 heavy (non-hydrogen) atoms. The molecule has 0 bridgehead atoms. The van der Waals surface area contributed by atoms with E-state index < -0.39 is 0 Å². The largest absolute Gasteiger partial charge is 0.384 e. The van der Waals surface area contributed by atoms with Crippen LogP contribution < -0.4 is 0 Å². The van der Waals surface area contributed by atoms with Crippen LogP contribution in [-0.4, -0.2) is 45.4 Å². The lowest BCUT2D eigenvalue weighted by Gasteiger charge is -2.27. The molecule has 1 aromatic rings. The second-order valence-electron chi connectivity index (χ2n) is 5.31. The van der Waals surface area contributed by atoms with E-state index in [-0.39, 0.29) is 5.41 Å². The molecule has 1 aromatic carbocycles. The highest BCUT2D eigenvalue weighted by atomic mass is 17.2. The number of benzene rings is 1. The van der Waals surface area contributed by atoms with Gasteiger partial charge in [0.05, 0.1) is 20.3 Å². The minimum atomic E-state index is 0.0551. The van der Waals surface area contributed by atoms with Gasteiger partial charge in [-0.05, 0) is 18.5 Å². The molecule has 0 aliphatic carbocycles. The fraction of sp³-hybridized carbons (Fsp3) is 0.600. The summed E-state index contributed by atoms with van der Waals surface area (Å²) in [5.41, 5.74) is 1.41. The van der Waals surface area contributed by atoms with Gasteiger partial charge in [0.15, 0.2) is 0 Å². The van der Waals surface area contributed by atoms with Gasteiger partial charge >= 0.3 is 0 Å². The van der Waals surface area contributed by atoms with Crippen molar-refractivity contribution in [1.82, 2.24) is 4.90 Å². The molecular formula is C15H23NO3. The van der Waals surface area contributed by atoms with Crippen molar-refractivity contribution in [3.05, 3.63) is 35.9 Å². The third-order valence-corrected chi connectivity index (χ3v) is 3.70. The van der Waals surface area contributed by atoms with Gasteiger partial charge in [0, 0.05) is 25.6 Å². The van der Waals surface area contributed by atoms with E-state index in [2.05, 4.69) is 35.2 Å². The number of methoxy groups -OCH3 is 1. The molecule has 0 spiro atoms. The summed E-state index contributed by atoms with van der Waals surface area (Å²) in [4.78, 5) is 12.4. The maximum Gasteiger partial charge on any atom is 0.0913 e. The monoisotopic (exact) mass is 265 g/mol. The fourth-order valence-electron chi connectivity index (χ4n) is 2.77. The number of hydrogen-bond donors (Lipinski definition) is 0. The van der Waals surface area contributed by atoms with Gasteiger partial charge in [0.1, 0.15) is 0 Å². The van der Waals surface area contributed by atoms with E-state index in [9.17, 15) is 0 Å². The van der Waals surface area contributed by atoms with Gasteiger partial charge in [-0.2, -0.15) is 0 Å². The van der Waals surface area contributed by atoms with Gasteiger partial charge in [-0.3, -0.25) is 4.90 Å². The molecular weight excluding hydrogens is 242 g/mol. The Labute approximate surface area is 115 Å². The smallest absolute Gasteiger partial charge is 0.0913 e. The summed E-state index contributed by atoms with van der Waals surface area (Å²) < 4.78 is 5.36. The van der Waals surface area contributed by atoms with Crippen LogP contribution in [0.1, 0.15) is 12.0 Å². The summed E-state index contributed by atoms with van der Waals surface area (Å²) in [6.45, 7) is 4.34. The summed E-state index contributed by atoms with van der Waals surface area (Å²) in [5, 5.41) is 0. The van der Waals surface area contributed by atoms with E-state index in [1.54, 1.807) is 14.2 Å². The minimum absolute atomic E-state index is 0.0551. The SMILES string of the molecule is COCC1(COOC)CCN(Cc2ccccc2)C1. The molecule has 0 radical (unpaired) electrons. The van der Waals surface area contributed by atoms with Gasteiger partial charge in [-0.25, -0.2) is 9.78 Å². The first-order valence-corrected chi connectivity index (χ1v) is 6.69. The van der Waals surface area contributed by atoms with Crippen LogP contribution in [0.5, 0.6) is 0 Å². The summed E-state index contributed by atoms with van der Waals surface area (Å²) in [6.07, 6.45) is 1.08. The molecule has 1 heterocycles. The Hall–Kier alpha value is -0.940. The van der Waals surface area contributed by atoms with Crippen LogP contribution in [0.3, 0.4) is 0 Å². The highest BCUT2D eigenvalue weighted by Crippen LogP contribution is 2.32.